The topological polar surface area (TPSA) is 56.0 Å². The molecule has 0 amide bonds. The summed E-state index contributed by atoms with van der Waals surface area (Å²) in [6, 6.07) is 2.13. The largest absolute Gasteiger partial charge is 0.397 e. The maximum Gasteiger partial charge on any atom is 0.179 e. The van der Waals surface area contributed by atoms with E-state index in [1.807, 2.05) is 0 Å². The second-order valence-corrected chi connectivity index (χ2v) is 5.25. The van der Waals surface area contributed by atoms with Crippen LogP contribution in [0, 0.1) is 18.6 Å². The number of nitrogen functional groups attached to an aromatic ring is 1. The molecule has 2 N–H and O–H groups in total. The van der Waals surface area contributed by atoms with Crippen LogP contribution in [-0.2, 0) is 0 Å². The fourth-order valence-corrected chi connectivity index (χ4v) is 2.41. The number of benzene rings is 1. The Bertz CT molecular complexity index is 763. The Hall–Kier alpha value is -1.72. The zero-order valence-electron chi connectivity index (χ0n) is 11.1. The van der Waals surface area contributed by atoms with Crippen LogP contribution < -0.4 is 5.73 Å². The highest BCUT2D eigenvalue weighted by atomic mass is 35.5. The van der Waals surface area contributed by atoms with Crippen LogP contribution in [-0.4, -0.2) is 10.8 Å². The summed E-state index contributed by atoms with van der Waals surface area (Å²) in [5.41, 5.74) is 5.55. The zero-order valence-corrected chi connectivity index (χ0v) is 12.6. The molecule has 0 atom stereocenters. The highest BCUT2D eigenvalue weighted by Crippen LogP contribution is 2.34. The van der Waals surface area contributed by atoms with Crippen LogP contribution in [0.15, 0.2) is 12.1 Å². The van der Waals surface area contributed by atoms with E-state index in [-0.39, 0.29) is 38.2 Å². The van der Waals surface area contributed by atoms with Gasteiger partial charge in [0.15, 0.2) is 5.78 Å². The van der Waals surface area contributed by atoms with E-state index in [0.29, 0.717) is 0 Å². The average Bonchev–Trinajstić information content (AvgIpc) is 2.39. The molecule has 2 rings (SSSR count). The van der Waals surface area contributed by atoms with Crippen molar-refractivity contribution in [2.24, 2.45) is 0 Å². The lowest BCUT2D eigenvalue weighted by molar-refractivity contribution is 0.101. The van der Waals surface area contributed by atoms with Gasteiger partial charge in [-0.2, -0.15) is 0 Å². The van der Waals surface area contributed by atoms with Gasteiger partial charge in [-0.25, -0.2) is 13.8 Å². The molecule has 0 aliphatic carbocycles. The van der Waals surface area contributed by atoms with Gasteiger partial charge in [-0.1, -0.05) is 23.2 Å². The molecule has 21 heavy (non-hydrogen) atoms. The first-order valence-electron chi connectivity index (χ1n) is 5.85. The average molecular weight is 331 g/mol. The summed E-state index contributed by atoms with van der Waals surface area (Å²) >= 11 is 11.5. The molecule has 0 unspecified atom stereocenters. The van der Waals surface area contributed by atoms with Gasteiger partial charge < -0.3 is 5.73 Å². The molecule has 0 saturated heterocycles. The predicted molar refractivity (Wildman–Crippen MR) is 78.8 cm³/mol. The second-order valence-electron chi connectivity index (χ2n) is 4.47. The Morgan fingerprint density at radius 3 is 2.48 bits per heavy atom. The number of hydrogen-bond donors (Lipinski definition) is 1. The summed E-state index contributed by atoms with van der Waals surface area (Å²) < 4.78 is 27.9. The summed E-state index contributed by atoms with van der Waals surface area (Å²) in [5, 5.41) is -0.346. The van der Waals surface area contributed by atoms with Crippen molar-refractivity contribution in [1.29, 1.82) is 0 Å². The number of carbonyl (C=O) groups excluding carboxylic acids is 1. The quantitative estimate of drug-likeness (QED) is 0.654. The number of halogens is 4. The summed E-state index contributed by atoms with van der Waals surface area (Å²) in [4.78, 5) is 15.5. The lowest BCUT2D eigenvalue weighted by atomic mass is 10.0. The van der Waals surface area contributed by atoms with Crippen molar-refractivity contribution in [3.63, 3.8) is 0 Å². The minimum absolute atomic E-state index is 0.0150. The van der Waals surface area contributed by atoms with Crippen LogP contribution in [0.3, 0.4) is 0 Å². The zero-order chi connectivity index (χ0) is 15.9. The summed E-state index contributed by atoms with van der Waals surface area (Å²) in [5.74, 6) is -1.95. The van der Waals surface area contributed by atoms with Gasteiger partial charge in [0.2, 0.25) is 0 Å². The first-order chi connectivity index (χ1) is 9.73. The van der Waals surface area contributed by atoms with Crippen molar-refractivity contribution in [3.8, 4) is 11.3 Å². The molecule has 1 aromatic heterocycles. The first-order valence-corrected chi connectivity index (χ1v) is 6.61. The van der Waals surface area contributed by atoms with Gasteiger partial charge in [0.1, 0.15) is 17.3 Å². The third kappa shape index (κ3) is 2.71. The second kappa shape index (κ2) is 5.58. The van der Waals surface area contributed by atoms with Gasteiger partial charge in [-0.3, -0.25) is 4.79 Å². The minimum Gasteiger partial charge on any atom is -0.397 e. The molecule has 110 valence electrons. The molecule has 0 bridgehead atoms. The lowest BCUT2D eigenvalue weighted by Gasteiger charge is -2.12. The van der Waals surface area contributed by atoms with Gasteiger partial charge in [0, 0.05) is 12.5 Å². The Labute approximate surface area is 129 Å². The third-order valence-corrected chi connectivity index (χ3v) is 3.65. The Kier molecular flexibility index (Phi) is 4.16. The van der Waals surface area contributed by atoms with Crippen molar-refractivity contribution in [3.05, 3.63) is 45.1 Å². The molecular formula is C14H10Cl2F2N2O. The Morgan fingerprint density at radius 1 is 1.29 bits per heavy atom. The molecule has 0 spiro atoms. The van der Waals surface area contributed by atoms with E-state index in [1.54, 1.807) is 0 Å². The van der Waals surface area contributed by atoms with Crippen molar-refractivity contribution in [2.75, 3.05) is 5.73 Å². The highest BCUT2D eigenvalue weighted by Gasteiger charge is 2.20. The number of anilines is 1. The van der Waals surface area contributed by atoms with Crippen molar-refractivity contribution >= 4 is 34.7 Å². The molecule has 0 radical (unpaired) electrons. The molecule has 0 aliphatic heterocycles. The van der Waals surface area contributed by atoms with Crippen LogP contribution >= 0.6 is 23.2 Å². The van der Waals surface area contributed by atoms with Crippen LogP contribution in [0.2, 0.25) is 10.0 Å². The first kappa shape index (κ1) is 15.7. The van der Waals surface area contributed by atoms with E-state index in [4.69, 9.17) is 28.9 Å². The standard InChI is InChI=1S/C14H10Cl2F2N2O/c1-5-11(8(17)3-7(15)13(5)18)10-4-9(19)12(16)14(20-10)6(2)21/h3-4H,1-2H3,(H2,19,20). The van der Waals surface area contributed by atoms with E-state index >= 15 is 0 Å². The van der Waals surface area contributed by atoms with Crippen LogP contribution in [0.4, 0.5) is 14.5 Å². The number of nitrogens with two attached hydrogens (primary N) is 1. The van der Waals surface area contributed by atoms with Gasteiger partial charge >= 0.3 is 0 Å². The minimum atomic E-state index is -0.761. The van der Waals surface area contributed by atoms with Gasteiger partial charge in [-0.15, -0.1) is 0 Å². The number of pyridine rings is 1. The Balaban J connectivity index is 2.80. The SMILES string of the molecule is CC(=O)c1nc(-c2c(F)cc(Cl)c(F)c2C)cc(N)c1Cl. The normalized spacial score (nSPS) is 10.8. The molecule has 0 fully saturated rings. The van der Waals surface area contributed by atoms with E-state index in [0.717, 1.165) is 6.07 Å². The molecule has 0 saturated carbocycles. The summed E-state index contributed by atoms with van der Waals surface area (Å²) in [6.45, 7) is 2.61. The van der Waals surface area contributed by atoms with Crippen molar-refractivity contribution in [2.45, 2.75) is 13.8 Å². The van der Waals surface area contributed by atoms with Gasteiger partial charge in [0.05, 0.1) is 21.4 Å². The number of nitrogens with zero attached hydrogens (tertiary/aromatic N) is 1. The van der Waals surface area contributed by atoms with Crippen molar-refractivity contribution < 1.29 is 13.6 Å². The summed E-state index contributed by atoms with van der Waals surface area (Å²) in [6.07, 6.45) is 0. The smallest absolute Gasteiger partial charge is 0.179 e. The lowest BCUT2D eigenvalue weighted by Crippen LogP contribution is -2.05. The number of carbonyl (C=O) groups is 1. The molecule has 3 nitrogen and oxygen atoms in total. The van der Waals surface area contributed by atoms with Crippen molar-refractivity contribution in [1.82, 2.24) is 4.98 Å². The van der Waals surface area contributed by atoms with Crippen LogP contribution in [0.5, 0.6) is 0 Å². The van der Waals surface area contributed by atoms with Crippen LogP contribution in [0.25, 0.3) is 11.3 Å². The summed E-state index contributed by atoms with van der Waals surface area (Å²) in [7, 11) is 0. The maximum atomic E-state index is 14.1. The number of ketones is 1. The number of rotatable bonds is 2. The molecule has 1 heterocycles. The van der Waals surface area contributed by atoms with E-state index in [1.165, 1.54) is 19.9 Å². The third-order valence-electron chi connectivity index (χ3n) is 2.98. The van der Waals surface area contributed by atoms with E-state index in [9.17, 15) is 13.6 Å². The van der Waals surface area contributed by atoms with Gasteiger partial charge in [0.25, 0.3) is 0 Å². The van der Waals surface area contributed by atoms with E-state index in [2.05, 4.69) is 4.98 Å². The monoisotopic (exact) mass is 330 g/mol. The predicted octanol–water partition coefficient (Wildman–Crippen LogP) is 4.43. The van der Waals surface area contributed by atoms with E-state index < -0.39 is 17.4 Å². The fourth-order valence-electron chi connectivity index (χ4n) is 1.94. The fraction of sp³-hybridized carbons (Fsp3) is 0.143. The molecule has 0 aliphatic rings. The molecule has 2 aromatic rings. The Morgan fingerprint density at radius 2 is 1.90 bits per heavy atom. The van der Waals surface area contributed by atoms with Gasteiger partial charge in [-0.05, 0) is 24.6 Å². The number of hydrogen-bond acceptors (Lipinski definition) is 3. The maximum absolute atomic E-state index is 14.1. The highest BCUT2D eigenvalue weighted by molar-refractivity contribution is 6.36. The number of Topliss-reactive ketones (excluding diaryl/α,β-unsaturated/α-hetero) is 1. The number of aromatic nitrogens is 1. The van der Waals surface area contributed by atoms with Crippen LogP contribution in [0.1, 0.15) is 23.0 Å². The molecule has 7 heteroatoms. The molecule has 1 aromatic carbocycles. The molecular weight excluding hydrogens is 321 g/mol.